The fraction of sp³-hybridized carbons (Fsp3) is 0.136. The van der Waals surface area contributed by atoms with Crippen LogP contribution in [0.5, 0.6) is 0 Å². The Morgan fingerprint density at radius 2 is 1.96 bits per heavy atom. The second-order valence-corrected chi connectivity index (χ2v) is 6.77. The zero-order chi connectivity index (χ0) is 19.5. The summed E-state index contributed by atoms with van der Waals surface area (Å²) in [5.74, 6) is -0.350. The van der Waals surface area contributed by atoms with Crippen molar-refractivity contribution in [2.75, 3.05) is 6.54 Å². The van der Waals surface area contributed by atoms with E-state index in [0.717, 1.165) is 27.6 Å². The zero-order valence-electron chi connectivity index (χ0n) is 15.4. The van der Waals surface area contributed by atoms with Crippen LogP contribution in [0.4, 0.5) is 0 Å². The minimum atomic E-state index is -0.340. The van der Waals surface area contributed by atoms with E-state index in [9.17, 15) is 9.59 Å². The van der Waals surface area contributed by atoms with Gasteiger partial charge in [0.2, 0.25) is 0 Å². The molecule has 2 heterocycles. The van der Waals surface area contributed by atoms with Gasteiger partial charge in [-0.15, -0.1) is 0 Å². The molecule has 28 heavy (non-hydrogen) atoms. The first-order valence-corrected chi connectivity index (χ1v) is 9.08. The van der Waals surface area contributed by atoms with E-state index in [-0.39, 0.29) is 23.1 Å². The Labute approximate surface area is 161 Å². The lowest BCUT2D eigenvalue weighted by Gasteiger charge is -2.18. The molecule has 0 aliphatic carbocycles. The summed E-state index contributed by atoms with van der Waals surface area (Å²) in [6, 6.07) is 19.1. The Morgan fingerprint density at radius 3 is 2.75 bits per heavy atom. The summed E-state index contributed by atoms with van der Waals surface area (Å²) >= 11 is 0. The third-order valence-electron chi connectivity index (χ3n) is 4.82. The monoisotopic (exact) mass is 372 g/mol. The maximum Gasteiger partial charge on any atom is 0.271 e. The zero-order valence-corrected chi connectivity index (χ0v) is 15.4. The number of carbonyl (C=O) groups is 1. The second-order valence-electron chi connectivity index (χ2n) is 6.77. The molecule has 1 unspecified atom stereocenters. The van der Waals surface area contributed by atoms with E-state index in [0.29, 0.717) is 6.54 Å². The van der Waals surface area contributed by atoms with Gasteiger partial charge in [0, 0.05) is 35.6 Å². The van der Waals surface area contributed by atoms with Crippen LogP contribution in [-0.2, 0) is 0 Å². The Balaban J connectivity index is 1.66. The van der Waals surface area contributed by atoms with Crippen molar-refractivity contribution in [3.63, 3.8) is 0 Å². The standard InChI is InChI=1S/C22H20N4O2/c1-14-5-4-6-15(11-14)17(18-13-23-19-8-3-2-7-16(18)19)12-24-22(28)20-9-10-21(27)26-25-20/h2-11,13,17,23H,12H2,1H3,(H,24,28)(H,26,27). The lowest BCUT2D eigenvalue weighted by Crippen LogP contribution is -2.30. The molecule has 1 atom stereocenters. The van der Waals surface area contributed by atoms with Gasteiger partial charge < -0.3 is 10.3 Å². The summed E-state index contributed by atoms with van der Waals surface area (Å²) in [7, 11) is 0. The Bertz CT molecular complexity index is 1170. The molecule has 0 aliphatic rings. The molecular formula is C22H20N4O2. The molecule has 0 saturated carbocycles. The van der Waals surface area contributed by atoms with E-state index in [1.54, 1.807) is 0 Å². The van der Waals surface area contributed by atoms with Crippen LogP contribution in [0.25, 0.3) is 10.9 Å². The number of para-hydroxylation sites is 1. The van der Waals surface area contributed by atoms with Crippen molar-refractivity contribution < 1.29 is 4.79 Å². The van der Waals surface area contributed by atoms with Crippen LogP contribution in [0.1, 0.15) is 33.1 Å². The molecule has 3 N–H and O–H groups in total. The average Bonchev–Trinajstić information content (AvgIpc) is 3.13. The second kappa shape index (κ2) is 7.52. The van der Waals surface area contributed by atoms with Crippen molar-refractivity contribution in [2.24, 2.45) is 0 Å². The number of amides is 1. The maximum atomic E-state index is 12.5. The van der Waals surface area contributed by atoms with Crippen LogP contribution in [0.3, 0.4) is 0 Å². The van der Waals surface area contributed by atoms with E-state index < -0.39 is 0 Å². The number of nitrogens with zero attached hydrogens (tertiary/aromatic N) is 1. The van der Waals surface area contributed by atoms with Gasteiger partial charge in [-0.05, 0) is 30.2 Å². The predicted octanol–water partition coefficient (Wildman–Crippen LogP) is 3.12. The van der Waals surface area contributed by atoms with Gasteiger partial charge >= 0.3 is 0 Å². The fourth-order valence-electron chi connectivity index (χ4n) is 3.43. The quantitative estimate of drug-likeness (QED) is 0.503. The van der Waals surface area contributed by atoms with Crippen molar-refractivity contribution in [3.05, 3.63) is 99.6 Å². The number of rotatable bonds is 5. The topological polar surface area (TPSA) is 90.6 Å². The van der Waals surface area contributed by atoms with Crippen LogP contribution in [0, 0.1) is 6.92 Å². The van der Waals surface area contributed by atoms with Crippen LogP contribution < -0.4 is 10.9 Å². The highest BCUT2D eigenvalue weighted by molar-refractivity contribution is 5.92. The SMILES string of the molecule is Cc1cccc(C(CNC(=O)c2ccc(=O)[nH]n2)c2c[nH]c3ccccc23)c1. The molecule has 2 aromatic heterocycles. The molecule has 0 aliphatic heterocycles. The summed E-state index contributed by atoms with van der Waals surface area (Å²) in [4.78, 5) is 27.0. The molecule has 6 heteroatoms. The third-order valence-corrected chi connectivity index (χ3v) is 4.82. The minimum absolute atomic E-state index is 0.0252. The number of carbonyl (C=O) groups excluding carboxylic acids is 1. The summed E-state index contributed by atoms with van der Waals surface area (Å²) in [5.41, 5.74) is 4.31. The lowest BCUT2D eigenvalue weighted by molar-refractivity contribution is 0.0946. The predicted molar refractivity (Wildman–Crippen MR) is 109 cm³/mol. The first-order chi connectivity index (χ1) is 13.6. The summed E-state index contributed by atoms with van der Waals surface area (Å²) < 4.78 is 0. The first kappa shape index (κ1) is 17.7. The number of fused-ring (bicyclic) bond motifs is 1. The lowest BCUT2D eigenvalue weighted by atomic mass is 9.90. The van der Waals surface area contributed by atoms with Crippen LogP contribution in [0.2, 0.25) is 0 Å². The molecular weight excluding hydrogens is 352 g/mol. The summed E-state index contributed by atoms with van der Waals surface area (Å²) in [5, 5.41) is 10.2. The minimum Gasteiger partial charge on any atom is -0.361 e. The molecule has 0 fully saturated rings. The molecule has 0 bridgehead atoms. The average molecular weight is 372 g/mol. The molecule has 4 aromatic rings. The highest BCUT2D eigenvalue weighted by atomic mass is 16.2. The molecule has 2 aromatic carbocycles. The molecule has 0 radical (unpaired) electrons. The number of hydrogen-bond acceptors (Lipinski definition) is 3. The largest absolute Gasteiger partial charge is 0.361 e. The molecule has 6 nitrogen and oxygen atoms in total. The maximum absolute atomic E-state index is 12.5. The van der Waals surface area contributed by atoms with Gasteiger partial charge in [-0.25, -0.2) is 5.10 Å². The van der Waals surface area contributed by atoms with Gasteiger partial charge in [0.05, 0.1) is 0 Å². The molecule has 140 valence electrons. The van der Waals surface area contributed by atoms with Crippen molar-refractivity contribution in [2.45, 2.75) is 12.8 Å². The Kier molecular flexibility index (Phi) is 4.76. The number of aryl methyl sites for hydroxylation is 1. The van der Waals surface area contributed by atoms with Crippen LogP contribution in [-0.4, -0.2) is 27.6 Å². The number of hydrogen-bond donors (Lipinski definition) is 3. The van der Waals surface area contributed by atoms with Crippen molar-refractivity contribution in [3.8, 4) is 0 Å². The molecule has 0 spiro atoms. The van der Waals surface area contributed by atoms with Crippen LogP contribution in [0.15, 0.2) is 71.7 Å². The number of benzene rings is 2. The van der Waals surface area contributed by atoms with Crippen molar-refractivity contribution in [1.82, 2.24) is 20.5 Å². The number of aromatic amines is 2. The van der Waals surface area contributed by atoms with E-state index in [2.05, 4.69) is 51.7 Å². The smallest absolute Gasteiger partial charge is 0.271 e. The summed E-state index contributed by atoms with van der Waals surface area (Å²) in [6.07, 6.45) is 2.00. The highest BCUT2D eigenvalue weighted by Crippen LogP contribution is 2.31. The molecule has 1 amide bonds. The highest BCUT2D eigenvalue weighted by Gasteiger charge is 2.20. The van der Waals surface area contributed by atoms with E-state index in [1.807, 2.05) is 30.5 Å². The molecule has 0 saturated heterocycles. The Hall–Kier alpha value is -3.67. The number of aromatic nitrogens is 3. The van der Waals surface area contributed by atoms with Gasteiger partial charge in [-0.1, -0.05) is 48.0 Å². The van der Waals surface area contributed by atoms with Gasteiger partial charge in [-0.2, -0.15) is 5.10 Å². The van der Waals surface area contributed by atoms with Gasteiger partial charge in [0.15, 0.2) is 0 Å². The van der Waals surface area contributed by atoms with Gasteiger partial charge in [0.25, 0.3) is 11.5 Å². The van der Waals surface area contributed by atoms with E-state index in [1.165, 1.54) is 12.1 Å². The summed E-state index contributed by atoms with van der Waals surface area (Å²) in [6.45, 7) is 2.46. The van der Waals surface area contributed by atoms with E-state index in [4.69, 9.17) is 0 Å². The van der Waals surface area contributed by atoms with Crippen molar-refractivity contribution >= 4 is 16.8 Å². The van der Waals surface area contributed by atoms with Crippen molar-refractivity contribution in [1.29, 1.82) is 0 Å². The van der Waals surface area contributed by atoms with Gasteiger partial charge in [-0.3, -0.25) is 9.59 Å². The van der Waals surface area contributed by atoms with Gasteiger partial charge in [0.1, 0.15) is 5.69 Å². The first-order valence-electron chi connectivity index (χ1n) is 9.08. The Morgan fingerprint density at radius 1 is 1.11 bits per heavy atom. The molecule has 4 rings (SSSR count). The normalized spacial score (nSPS) is 12.0. The van der Waals surface area contributed by atoms with E-state index >= 15 is 0 Å². The number of nitrogens with one attached hydrogen (secondary N) is 3. The number of H-pyrrole nitrogens is 2. The fourth-order valence-corrected chi connectivity index (χ4v) is 3.43. The third kappa shape index (κ3) is 3.57. The van der Waals surface area contributed by atoms with Crippen LogP contribution >= 0.6 is 0 Å².